The molecular formula is C15H21N3. The molecule has 0 aliphatic heterocycles. The second-order valence-electron chi connectivity index (χ2n) is 4.97. The zero-order valence-electron chi connectivity index (χ0n) is 11.1. The minimum atomic E-state index is 0.0181. The number of nitrogens with one attached hydrogen (secondary N) is 1. The van der Waals surface area contributed by atoms with Crippen molar-refractivity contribution in [3.8, 4) is 0 Å². The van der Waals surface area contributed by atoms with Gasteiger partial charge in [0.1, 0.15) is 5.82 Å². The lowest BCUT2D eigenvalue weighted by Crippen LogP contribution is -2.36. The van der Waals surface area contributed by atoms with Gasteiger partial charge >= 0.3 is 0 Å². The number of nitrogens with two attached hydrogens (primary N) is 1. The molecule has 0 saturated heterocycles. The van der Waals surface area contributed by atoms with E-state index in [-0.39, 0.29) is 5.54 Å². The molecule has 1 aromatic heterocycles. The summed E-state index contributed by atoms with van der Waals surface area (Å²) in [5, 5.41) is 4.67. The van der Waals surface area contributed by atoms with E-state index in [9.17, 15) is 0 Å². The predicted molar refractivity (Wildman–Crippen MR) is 77.7 cm³/mol. The Morgan fingerprint density at radius 2 is 2.00 bits per heavy atom. The number of nitrogens with zero attached hydrogens (tertiary/aromatic N) is 1. The smallest absolute Gasteiger partial charge is 0.127 e. The standard InChI is InChI=1S/C15H21N3/c1-3-15(2,10-11-16)18-14-9-8-12-6-4-5-7-13(12)17-14/h4-9H,3,10-11,16H2,1-2H3,(H,17,18). The summed E-state index contributed by atoms with van der Waals surface area (Å²) in [7, 11) is 0. The molecule has 0 radical (unpaired) electrons. The van der Waals surface area contributed by atoms with Crippen molar-refractivity contribution in [2.24, 2.45) is 5.73 Å². The minimum absolute atomic E-state index is 0.0181. The third kappa shape index (κ3) is 2.79. The molecule has 96 valence electrons. The SMILES string of the molecule is CCC(C)(CCN)Nc1ccc2ccccc2n1. The van der Waals surface area contributed by atoms with Gasteiger partial charge in [0.25, 0.3) is 0 Å². The second kappa shape index (κ2) is 5.36. The number of hydrogen-bond donors (Lipinski definition) is 2. The summed E-state index contributed by atoms with van der Waals surface area (Å²) in [4.78, 5) is 4.64. The number of rotatable bonds is 5. The first-order valence-corrected chi connectivity index (χ1v) is 6.51. The lowest BCUT2D eigenvalue weighted by atomic mass is 9.94. The highest BCUT2D eigenvalue weighted by Gasteiger charge is 2.20. The summed E-state index contributed by atoms with van der Waals surface area (Å²) in [5.74, 6) is 0.923. The molecule has 1 aromatic carbocycles. The van der Waals surface area contributed by atoms with E-state index >= 15 is 0 Å². The third-order valence-corrected chi connectivity index (χ3v) is 3.50. The van der Waals surface area contributed by atoms with Crippen molar-refractivity contribution in [3.63, 3.8) is 0 Å². The van der Waals surface area contributed by atoms with Crippen molar-refractivity contribution >= 4 is 16.7 Å². The number of aromatic nitrogens is 1. The van der Waals surface area contributed by atoms with Crippen LogP contribution in [0.2, 0.25) is 0 Å². The molecule has 18 heavy (non-hydrogen) atoms. The summed E-state index contributed by atoms with van der Waals surface area (Å²) in [6.07, 6.45) is 1.97. The van der Waals surface area contributed by atoms with E-state index < -0.39 is 0 Å². The fourth-order valence-electron chi connectivity index (χ4n) is 2.09. The Morgan fingerprint density at radius 3 is 2.72 bits per heavy atom. The Balaban J connectivity index is 2.26. The van der Waals surface area contributed by atoms with Gasteiger partial charge in [-0.25, -0.2) is 4.98 Å². The average molecular weight is 243 g/mol. The van der Waals surface area contributed by atoms with E-state index in [0.29, 0.717) is 6.54 Å². The monoisotopic (exact) mass is 243 g/mol. The molecule has 3 heteroatoms. The minimum Gasteiger partial charge on any atom is -0.365 e. The van der Waals surface area contributed by atoms with Gasteiger partial charge in [-0.05, 0) is 44.5 Å². The van der Waals surface area contributed by atoms with Crippen molar-refractivity contribution < 1.29 is 0 Å². The number of para-hydroxylation sites is 1. The van der Waals surface area contributed by atoms with Crippen molar-refractivity contribution in [1.82, 2.24) is 4.98 Å². The van der Waals surface area contributed by atoms with Crippen LogP contribution in [0, 0.1) is 0 Å². The summed E-state index contributed by atoms with van der Waals surface area (Å²) in [5.41, 5.74) is 6.71. The van der Waals surface area contributed by atoms with Gasteiger partial charge in [-0.2, -0.15) is 0 Å². The zero-order chi connectivity index (χ0) is 13.0. The third-order valence-electron chi connectivity index (χ3n) is 3.50. The first kappa shape index (κ1) is 12.8. The first-order valence-electron chi connectivity index (χ1n) is 6.51. The van der Waals surface area contributed by atoms with Crippen LogP contribution in [-0.4, -0.2) is 17.1 Å². The normalized spacial score (nSPS) is 14.4. The lowest BCUT2D eigenvalue weighted by molar-refractivity contribution is 0.462. The molecule has 2 aromatic rings. The molecule has 3 nitrogen and oxygen atoms in total. The maximum atomic E-state index is 5.67. The van der Waals surface area contributed by atoms with E-state index in [4.69, 9.17) is 5.73 Å². The van der Waals surface area contributed by atoms with Gasteiger partial charge < -0.3 is 11.1 Å². The Bertz CT molecular complexity index is 524. The van der Waals surface area contributed by atoms with Crippen LogP contribution in [-0.2, 0) is 0 Å². The maximum absolute atomic E-state index is 5.67. The molecular weight excluding hydrogens is 222 g/mol. The molecule has 0 fully saturated rings. The van der Waals surface area contributed by atoms with Crippen LogP contribution in [0.3, 0.4) is 0 Å². The van der Waals surface area contributed by atoms with Gasteiger partial charge in [0, 0.05) is 10.9 Å². The summed E-state index contributed by atoms with van der Waals surface area (Å²) in [6.45, 7) is 5.05. The van der Waals surface area contributed by atoms with Crippen molar-refractivity contribution in [3.05, 3.63) is 36.4 Å². The van der Waals surface area contributed by atoms with E-state index in [0.717, 1.165) is 24.2 Å². The topological polar surface area (TPSA) is 50.9 Å². The average Bonchev–Trinajstić information content (AvgIpc) is 2.39. The second-order valence-corrected chi connectivity index (χ2v) is 4.97. The van der Waals surface area contributed by atoms with E-state index in [1.54, 1.807) is 0 Å². The van der Waals surface area contributed by atoms with Crippen LogP contribution in [0.25, 0.3) is 10.9 Å². The Hall–Kier alpha value is -1.61. The number of anilines is 1. The zero-order valence-corrected chi connectivity index (χ0v) is 11.1. The molecule has 1 heterocycles. The van der Waals surface area contributed by atoms with Crippen LogP contribution in [0.4, 0.5) is 5.82 Å². The molecule has 0 aliphatic carbocycles. The Labute approximate surface area is 108 Å². The number of benzene rings is 1. The molecule has 1 unspecified atom stereocenters. The van der Waals surface area contributed by atoms with Crippen LogP contribution in [0.5, 0.6) is 0 Å². The van der Waals surface area contributed by atoms with E-state index in [1.807, 2.05) is 24.3 Å². The van der Waals surface area contributed by atoms with Crippen LogP contribution < -0.4 is 11.1 Å². The molecule has 0 aliphatic rings. The number of fused-ring (bicyclic) bond motifs is 1. The largest absolute Gasteiger partial charge is 0.365 e. The van der Waals surface area contributed by atoms with E-state index in [2.05, 4.69) is 36.3 Å². The highest BCUT2D eigenvalue weighted by molar-refractivity contribution is 5.80. The fourth-order valence-corrected chi connectivity index (χ4v) is 2.09. The van der Waals surface area contributed by atoms with Crippen molar-refractivity contribution in [2.45, 2.75) is 32.2 Å². The Morgan fingerprint density at radius 1 is 1.22 bits per heavy atom. The quantitative estimate of drug-likeness (QED) is 0.848. The molecule has 0 spiro atoms. The summed E-state index contributed by atoms with van der Waals surface area (Å²) >= 11 is 0. The molecule has 1 atom stereocenters. The van der Waals surface area contributed by atoms with Gasteiger partial charge in [0.15, 0.2) is 0 Å². The highest BCUT2D eigenvalue weighted by atomic mass is 15.0. The predicted octanol–water partition coefficient (Wildman–Crippen LogP) is 3.16. The number of hydrogen-bond acceptors (Lipinski definition) is 3. The van der Waals surface area contributed by atoms with Gasteiger partial charge in [0.05, 0.1) is 5.52 Å². The molecule has 0 bridgehead atoms. The highest BCUT2D eigenvalue weighted by Crippen LogP contribution is 2.22. The fraction of sp³-hybridized carbons (Fsp3) is 0.400. The molecule has 3 N–H and O–H groups in total. The van der Waals surface area contributed by atoms with Gasteiger partial charge in [-0.1, -0.05) is 25.1 Å². The van der Waals surface area contributed by atoms with Crippen molar-refractivity contribution in [2.75, 3.05) is 11.9 Å². The first-order chi connectivity index (χ1) is 8.67. The van der Waals surface area contributed by atoms with Gasteiger partial charge in [-0.3, -0.25) is 0 Å². The lowest BCUT2D eigenvalue weighted by Gasteiger charge is -2.30. The number of pyridine rings is 1. The maximum Gasteiger partial charge on any atom is 0.127 e. The summed E-state index contributed by atoms with van der Waals surface area (Å²) in [6, 6.07) is 12.3. The molecule has 2 rings (SSSR count). The Kier molecular flexibility index (Phi) is 3.82. The summed E-state index contributed by atoms with van der Waals surface area (Å²) < 4.78 is 0. The van der Waals surface area contributed by atoms with E-state index in [1.165, 1.54) is 5.39 Å². The molecule has 0 saturated carbocycles. The van der Waals surface area contributed by atoms with Crippen LogP contribution >= 0.6 is 0 Å². The van der Waals surface area contributed by atoms with Gasteiger partial charge in [0.2, 0.25) is 0 Å². The van der Waals surface area contributed by atoms with Crippen LogP contribution in [0.1, 0.15) is 26.7 Å². The van der Waals surface area contributed by atoms with Crippen molar-refractivity contribution in [1.29, 1.82) is 0 Å². The van der Waals surface area contributed by atoms with Gasteiger partial charge in [-0.15, -0.1) is 0 Å². The van der Waals surface area contributed by atoms with Crippen LogP contribution in [0.15, 0.2) is 36.4 Å². The molecule has 0 amide bonds.